The molecule has 0 aliphatic rings. The van der Waals surface area contributed by atoms with Gasteiger partial charge in [-0.05, 0) is 11.6 Å². The molecule has 2 aromatic rings. The zero-order valence-electron chi connectivity index (χ0n) is 10.7. The maximum absolute atomic E-state index is 11.5. The fourth-order valence-electron chi connectivity index (χ4n) is 1.56. The number of nitrogens with one attached hydrogen (secondary N) is 1. The van der Waals surface area contributed by atoms with Gasteiger partial charge in [0.15, 0.2) is 0 Å². The summed E-state index contributed by atoms with van der Waals surface area (Å²) in [5, 5.41) is 20.6. The number of hydrogen-bond acceptors (Lipinski definition) is 5. The third kappa shape index (κ3) is 4.38. The van der Waals surface area contributed by atoms with E-state index < -0.39 is 13.2 Å². The molecular formula is C13H14BNO4S. The molecule has 0 aliphatic carbocycles. The molecule has 0 aliphatic heterocycles. The van der Waals surface area contributed by atoms with Crippen LogP contribution in [0.4, 0.5) is 4.79 Å². The first-order chi connectivity index (χ1) is 9.65. The molecule has 7 heteroatoms. The standard InChI is InChI=1S/C13H14BNO4S/c16-13(19-9-10-4-2-1-3-5-10)15-8-11-6-7-12(20-11)14(17)18/h1-7,17-18H,8-9H2,(H,15,16). The van der Waals surface area contributed by atoms with E-state index in [1.807, 2.05) is 30.3 Å². The summed E-state index contributed by atoms with van der Waals surface area (Å²) in [5.74, 6) is 0. The number of carbonyl (C=O) groups is 1. The number of amides is 1. The number of ether oxygens (including phenoxy) is 1. The van der Waals surface area contributed by atoms with Crippen LogP contribution in [0.1, 0.15) is 10.4 Å². The Hall–Kier alpha value is -1.83. The van der Waals surface area contributed by atoms with Gasteiger partial charge in [-0.3, -0.25) is 0 Å². The molecular weight excluding hydrogens is 277 g/mol. The Kier molecular flexibility index (Phi) is 5.17. The summed E-state index contributed by atoms with van der Waals surface area (Å²) in [6.45, 7) is 0.517. The molecule has 0 unspecified atom stereocenters. The second-order valence-corrected chi connectivity index (χ2v) is 5.29. The molecule has 2 rings (SSSR count). The number of hydrogen-bond donors (Lipinski definition) is 3. The van der Waals surface area contributed by atoms with Gasteiger partial charge in [-0.2, -0.15) is 0 Å². The number of rotatable bonds is 5. The Bertz CT molecular complexity index is 559. The second kappa shape index (κ2) is 7.09. The van der Waals surface area contributed by atoms with Crippen LogP contribution in [0.3, 0.4) is 0 Å². The highest BCUT2D eigenvalue weighted by molar-refractivity contribution is 7.22. The van der Waals surface area contributed by atoms with Crippen molar-refractivity contribution in [3.05, 3.63) is 52.9 Å². The molecule has 1 aromatic carbocycles. The average Bonchev–Trinajstić information content (AvgIpc) is 2.93. The average molecular weight is 291 g/mol. The molecule has 5 nitrogen and oxygen atoms in total. The van der Waals surface area contributed by atoms with Gasteiger partial charge in [0.25, 0.3) is 0 Å². The Morgan fingerprint density at radius 3 is 2.60 bits per heavy atom. The van der Waals surface area contributed by atoms with Gasteiger partial charge < -0.3 is 20.1 Å². The van der Waals surface area contributed by atoms with E-state index in [0.29, 0.717) is 11.3 Å². The van der Waals surface area contributed by atoms with Crippen molar-refractivity contribution < 1.29 is 19.6 Å². The molecule has 0 atom stereocenters. The minimum atomic E-state index is -1.47. The van der Waals surface area contributed by atoms with Crippen molar-refractivity contribution in [2.45, 2.75) is 13.2 Å². The third-order valence-corrected chi connectivity index (χ3v) is 3.68. The van der Waals surface area contributed by atoms with Crippen LogP contribution in [0.25, 0.3) is 0 Å². The Morgan fingerprint density at radius 2 is 1.95 bits per heavy atom. The fraction of sp³-hybridized carbons (Fsp3) is 0.154. The van der Waals surface area contributed by atoms with Gasteiger partial charge >= 0.3 is 13.2 Å². The largest absolute Gasteiger partial charge is 0.499 e. The lowest BCUT2D eigenvalue weighted by molar-refractivity contribution is 0.139. The van der Waals surface area contributed by atoms with E-state index in [-0.39, 0.29) is 6.61 Å². The molecule has 0 spiro atoms. The highest BCUT2D eigenvalue weighted by atomic mass is 32.1. The van der Waals surface area contributed by atoms with Gasteiger partial charge in [0.05, 0.1) is 6.54 Å². The molecule has 0 fully saturated rings. The van der Waals surface area contributed by atoms with Crippen molar-refractivity contribution >= 4 is 29.3 Å². The first kappa shape index (κ1) is 14.6. The molecule has 104 valence electrons. The lowest BCUT2D eigenvalue weighted by atomic mass is 9.90. The van der Waals surface area contributed by atoms with Crippen LogP contribution in [-0.2, 0) is 17.9 Å². The quantitative estimate of drug-likeness (QED) is 0.714. The van der Waals surface area contributed by atoms with Crippen molar-refractivity contribution in [2.24, 2.45) is 0 Å². The monoisotopic (exact) mass is 291 g/mol. The first-order valence-electron chi connectivity index (χ1n) is 6.04. The maximum atomic E-state index is 11.5. The number of thiophene rings is 1. The van der Waals surface area contributed by atoms with E-state index >= 15 is 0 Å². The van der Waals surface area contributed by atoms with Crippen LogP contribution in [0.15, 0.2) is 42.5 Å². The van der Waals surface area contributed by atoms with Gasteiger partial charge in [0.2, 0.25) is 0 Å². The van der Waals surface area contributed by atoms with Crippen molar-refractivity contribution in [1.82, 2.24) is 5.32 Å². The Balaban J connectivity index is 1.74. The van der Waals surface area contributed by atoms with Crippen LogP contribution < -0.4 is 10.1 Å². The number of alkyl carbamates (subject to hydrolysis) is 1. The minimum Gasteiger partial charge on any atom is -0.445 e. The Labute approximate surface area is 121 Å². The fourth-order valence-corrected chi connectivity index (χ4v) is 2.39. The van der Waals surface area contributed by atoms with Crippen molar-refractivity contribution in [1.29, 1.82) is 0 Å². The van der Waals surface area contributed by atoms with Crippen LogP contribution in [0.2, 0.25) is 0 Å². The molecule has 3 N–H and O–H groups in total. The molecule has 0 saturated carbocycles. The van der Waals surface area contributed by atoms with Crippen LogP contribution in [0, 0.1) is 0 Å². The van der Waals surface area contributed by atoms with E-state index in [2.05, 4.69) is 5.32 Å². The summed E-state index contributed by atoms with van der Waals surface area (Å²) in [4.78, 5) is 12.3. The topological polar surface area (TPSA) is 78.8 Å². The van der Waals surface area contributed by atoms with E-state index in [9.17, 15) is 4.79 Å². The van der Waals surface area contributed by atoms with Gasteiger partial charge in [0.1, 0.15) is 6.61 Å². The highest BCUT2D eigenvalue weighted by Gasteiger charge is 2.13. The first-order valence-corrected chi connectivity index (χ1v) is 6.86. The predicted octanol–water partition coefficient (Wildman–Crippen LogP) is 0.854. The lowest BCUT2D eigenvalue weighted by Crippen LogP contribution is -2.26. The molecule has 20 heavy (non-hydrogen) atoms. The molecule has 0 radical (unpaired) electrons. The molecule has 0 saturated heterocycles. The van der Waals surface area contributed by atoms with Crippen LogP contribution in [-0.4, -0.2) is 23.3 Å². The van der Waals surface area contributed by atoms with E-state index in [0.717, 1.165) is 10.4 Å². The Morgan fingerprint density at radius 1 is 1.20 bits per heavy atom. The predicted molar refractivity (Wildman–Crippen MR) is 77.6 cm³/mol. The minimum absolute atomic E-state index is 0.220. The molecule has 0 bridgehead atoms. The van der Waals surface area contributed by atoms with Gasteiger partial charge in [-0.25, -0.2) is 4.79 Å². The zero-order chi connectivity index (χ0) is 14.4. The van der Waals surface area contributed by atoms with Crippen molar-refractivity contribution in [3.63, 3.8) is 0 Å². The molecule has 1 amide bonds. The van der Waals surface area contributed by atoms with Gasteiger partial charge in [0, 0.05) is 9.65 Å². The highest BCUT2D eigenvalue weighted by Crippen LogP contribution is 2.07. The second-order valence-electron chi connectivity index (χ2n) is 4.09. The normalized spacial score (nSPS) is 10.1. The van der Waals surface area contributed by atoms with E-state index in [1.165, 1.54) is 11.3 Å². The van der Waals surface area contributed by atoms with Crippen molar-refractivity contribution in [2.75, 3.05) is 0 Å². The lowest BCUT2D eigenvalue weighted by Gasteiger charge is -2.06. The maximum Gasteiger partial charge on any atom is 0.499 e. The summed E-state index contributed by atoms with van der Waals surface area (Å²) in [7, 11) is -1.47. The van der Waals surface area contributed by atoms with E-state index in [1.54, 1.807) is 12.1 Å². The zero-order valence-corrected chi connectivity index (χ0v) is 11.5. The molecule has 1 heterocycles. The number of carbonyl (C=O) groups excluding carboxylic acids is 1. The third-order valence-electron chi connectivity index (χ3n) is 2.56. The summed E-state index contributed by atoms with van der Waals surface area (Å²) in [6.07, 6.45) is -0.506. The SMILES string of the molecule is O=C(NCc1ccc(B(O)O)s1)OCc1ccccc1. The smallest absolute Gasteiger partial charge is 0.445 e. The van der Waals surface area contributed by atoms with Crippen LogP contribution in [0.5, 0.6) is 0 Å². The van der Waals surface area contributed by atoms with E-state index in [4.69, 9.17) is 14.8 Å². The van der Waals surface area contributed by atoms with Gasteiger partial charge in [-0.15, -0.1) is 11.3 Å². The van der Waals surface area contributed by atoms with Gasteiger partial charge in [-0.1, -0.05) is 36.4 Å². The molecule has 1 aromatic heterocycles. The van der Waals surface area contributed by atoms with Crippen LogP contribution >= 0.6 is 11.3 Å². The summed E-state index contributed by atoms with van der Waals surface area (Å²) in [6, 6.07) is 12.8. The van der Waals surface area contributed by atoms with Crippen molar-refractivity contribution in [3.8, 4) is 0 Å². The number of benzene rings is 1. The summed E-state index contributed by atoms with van der Waals surface area (Å²) >= 11 is 1.23. The summed E-state index contributed by atoms with van der Waals surface area (Å²) in [5.41, 5.74) is 0.921. The summed E-state index contributed by atoms with van der Waals surface area (Å²) < 4.78 is 5.50.